The van der Waals surface area contributed by atoms with E-state index in [0.717, 1.165) is 4.90 Å². The number of hydrogen-bond donors (Lipinski definition) is 1. The maximum absolute atomic E-state index is 13.7. The van der Waals surface area contributed by atoms with E-state index >= 15 is 0 Å². The van der Waals surface area contributed by atoms with Gasteiger partial charge in [0.15, 0.2) is 0 Å². The molecule has 0 aromatic heterocycles. The van der Waals surface area contributed by atoms with Gasteiger partial charge in [-0.3, -0.25) is 9.59 Å². The Labute approximate surface area is 184 Å². The summed E-state index contributed by atoms with van der Waals surface area (Å²) in [6.45, 7) is 2.37. The Kier molecular flexibility index (Phi) is 5.89. The fourth-order valence-corrected chi connectivity index (χ4v) is 3.55. The molecule has 0 fully saturated rings. The summed E-state index contributed by atoms with van der Waals surface area (Å²) in [5.74, 6) is -0.455. The second-order valence-corrected chi connectivity index (χ2v) is 6.96. The van der Waals surface area contributed by atoms with Crippen LogP contribution in [0.1, 0.15) is 12.5 Å². The number of anilines is 2. The van der Waals surface area contributed by atoms with Gasteiger partial charge in [-0.15, -0.1) is 0 Å². The third-order valence-corrected chi connectivity index (χ3v) is 4.96. The van der Waals surface area contributed by atoms with Crippen LogP contribution in [0.2, 0.25) is 0 Å². The lowest BCUT2D eigenvalue weighted by Crippen LogP contribution is -2.32. The summed E-state index contributed by atoms with van der Waals surface area (Å²) in [5.41, 5.74) is 1.39. The predicted molar refractivity (Wildman–Crippen MR) is 120 cm³/mol. The van der Waals surface area contributed by atoms with Crippen molar-refractivity contribution in [2.75, 3.05) is 23.9 Å². The Morgan fingerprint density at radius 2 is 1.69 bits per heavy atom. The van der Waals surface area contributed by atoms with Crippen molar-refractivity contribution < 1.29 is 23.5 Å². The largest absolute Gasteiger partial charge is 0.496 e. The van der Waals surface area contributed by atoms with Crippen molar-refractivity contribution in [3.05, 3.63) is 89.9 Å². The number of benzene rings is 3. The van der Waals surface area contributed by atoms with Crippen LogP contribution in [-0.2, 0) is 9.59 Å². The van der Waals surface area contributed by atoms with E-state index in [2.05, 4.69) is 5.32 Å². The van der Waals surface area contributed by atoms with Gasteiger partial charge in [-0.05, 0) is 55.5 Å². The Bertz CT molecular complexity index is 1200. The Hall–Kier alpha value is -4.13. The first kappa shape index (κ1) is 21.1. The molecule has 0 atom stereocenters. The maximum atomic E-state index is 13.7. The quantitative estimate of drug-likeness (QED) is 0.552. The standard InChI is InChI=1S/C25H21FN2O4/c1-3-32-19-13-11-18(12-14-19)28-24(29)22(20-9-4-5-10-21(20)31-2)23(25(28)30)27-17-8-6-7-16(26)15-17/h4-15,27H,3H2,1-2H3. The number of carbonyl (C=O) groups excluding carboxylic acids is 2. The summed E-state index contributed by atoms with van der Waals surface area (Å²) < 4.78 is 24.6. The van der Waals surface area contributed by atoms with Gasteiger partial charge < -0.3 is 14.8 Å². The fourth-order valence-electron chi connectivity index (χ4n) is 3.55. The number of hydrogen-bond acceptors (Lipinski definition) is 5. The molecule has 4 rings (SSSR count). The molecule has 0 saturated heterocycles. The van der Waals surface area contributed by atoms with Gasteiger partial charge in [0.1, 0.15) is 23.0 Å². The highest BCUT2D eigenvalue weighted by Crippen LogP contribution is 2.37. The van der Waals surface area contributed by atoms with Gasteiger partial charge in [0.25, 0.3) is 11.8 Å². The number of ether oxygens (including phenoxy) is 2. The molecule has 3 aromatic rings. The van der Waals surface area contributed by atoms with Crippen molar-refractivity contribution in [1.29, 1.82) is 0 Å². The summed E-state index contributed by atoms with van der Waals surface area (Å²) in [5, 5.41) is 2.94. The van der Waals surface area contributed by atoms with Crippen molar-refractivity contribution >= 4 is 28.8 Å². The minimum absolute atomic E-state index is 0.0407. The van der Waals surface area contributed by atoms with E-state index in [4.69, 9.17) is 9.47 Å². The van der Waals surface area contributed by atoms with Crippen LogP contribution in [0.25, 0.3) is 5.57 Å². The second-order valence-electron chi connectivity index (χ2n) is 6.96. The van der Waals surface area contributed by atoms with Gasteiger partial charge >= 0.3 is 0 Å². The molecule has 3 aromatic carbocycles. The first-order valence-corrected chi connectivity index (χ1v) is 10.1. The highest BCUT2D eigenvalue weighted by Gasteiger charge is 2.41. The number of methoxy groups -OCH3 is 1. The minimum Gasteiger partial charge on any atom is -0.496 e. The number of amides is 2. The van der Waals surface area contributed by atoms with Gasteiger partial charge in [-0.1, -0.05) is 24.3 Å². The summed E-state index contributed by atoms with van der Waals surface area (Å²) in [4.78, 5) is 28.0. The molecule has 1 aliphatic rings. The average Bonchev–Trinajstić information content (AvgIpc) is 3.04. The molecule has 162 valence electrons. The Morgan fingerprint density at radius 3 is 2.38 bits per heavy atom. The van der Waals surface area contributed by atoms with Gasteiger partial charge in [0, 0.05) is 11.3 Å². The van der Waals surface area contributed by atoms with E-state index < -0.39 is 17.6 Å². The number of para-hydroxylation sites is 1. The normalized spacial score (nSPS) is 13.5. The van der Waals surface area contributed by atoms with Crippen molar-refractivity contribution in [1.82, 2.24) is 0 Å². The molecule has 32 heavy (non-hydrogen) atoms. The summed E-state index contributed by atoms with van der Waals surface area (Å²) >= 11 is 0. The topological polar surface area (TPSA) is 67.9 Å². The molecular formula is C25H21FN2O4. The molecule has 0 spiro atoms. The highest BCUT2D eigenvalue weighted by atomic mass is 19.1. The zero-order chi connectivity index (χ0) is 22.7. The first-order chi connectivity index (χ1) is 15.5. The molecular weight excluding hydrogens is 411 g/mol. The number of halogens is 1. The second kappa shape index (κ2) is 8.93. The van der Waals surface area contributed by atoms with Crippen LogP contribution in [0.15, 0.2) is 78.5 Å². The molecule has 0 unspecified atom stereocenters. The van der Waals surface area contributed by atoms with Crippen LogP contribution in [-0.4, -0.2) is 25.5 Å². The summed E-state index contributed by atoms with van der Waals surface area (Å²) in [6, 6.07) is 19.3. The maximum Gasteiger partial charge on any atom is 0.282 e. The molecule has 1 aliphatic heterocycles. The van der Waals surface area contributed by atoms with Crippen LogP contribution in [0, 0.1) is 5.82 Å². The van der Waals surface area contributed by atoms with Crippen LogP contribution in [0.3, 0.4) is 0 Å². The number of rotatable bonds is 7. The Morgan fingerprint density at radius 1 is 0.938 bits per heavy atom. The van der Waals surface area contributed by atoms with Crippen molar-refractivity contribution in [2.24, 2.45) is 0 Å². The van der Waals surface area contributed by atoms with Gasteiger partial charge in [-0.2, -0.15) is 0 Å². The lowest BCUT2D eigenvalue weighted by atomic mass is 10.0. The monoisotopic (exact) mass is 432 g/mol. The van der Waals surface area contributed by atoms with Gasteiger partial charge in [0.05, 0.1) is 25.0 Å². The predicted octanol–water partition coefficient (Wildman–Crippen LogP) is 4.63. The molecule has 0 bridgehead atoms. The third-order valence-electron chi connectivity index (χ3n) is 4.96. The molecule has 1 N–H and O–H groups in total. The van der Waals surface area contributed by atoms with Crippen molar-refractivity contribution in [3.63, 3.8) is 0 Å². The third kappa shape index (κ3) is 3.92. The van der Waals surface area contributed by atoms with E-state index in [1.165, 1.54) is 25.3 Å². The van der Waals surface area contributed by atoms with E-state index in [9.17, 15) is 14.0 Å². The molecule has 2 amide bonds. The van der Waals surface area contributed by atoms with Crippen molar-refractivity contribution in [3.8, 4) is 11.5 Å². The molecule has 1 heterocycles. The van der Waals surface area contributed by atoms with Crippen LogP contribution in [0.4, 0.5) is 15.8 Å². The lowest BCUT2D eigenvalue weighted by Gasteiger charge is -2.16. The van der Waals surface area contributed by atoms with Gasteiger partial charge in [-0.25, -0.2) is 9.29 Å². The zero-order valence-corrected chi connectivity index (χ0v) is 17.6. The molecule has 6 nitrogen and oxygen atoms in total. The average molecular weight is 432 g/mol. The molecule has 0 radical (unpaired) electrons. The summed E-state index contributed by atoms with van der Waals surface area (Å²) in [7, 11) is 1.49. The molecule has 0 aliphatic carbocycles. The lowest BCUT2D eigenvalue weighted by molar-refractivity contribution is -0.120. The zero-order valence-electron chi connectivity index (χ0n) is 17.6. The SMILES string of the molecule is CCOc1ccc(N2C(=O)C(Nc3cccc(F)c3)=C(c3ccccc3OC)C2=O)cc1. The van der Waals surface area contributed by atoms with Gasteiger partial charge in [0.2, 0.25) is 0 Å². The number of nitrogens with zero attached hydrogens (tertiary/aromatic N) is 1. The first-order valence-electron chi connectivity index (χ1n) is 10.1. The van der Waals surface area contributed by atoms with E-state index in [1.54, 1.807) is 54.6 Å². The van der Waals surface area contributed by atoms with Crippen LogP contribution in [0.5, 0.6) is 11.5 Å². The van der Waals surface area contributed by atoms with E-state index in [0.29, 0.717) is 35.0 Å². The summed E-state index contributed by atoms with van der Waals surface area (Å²) in [6.07, 6.45) is 0. The number of imide groups is 1. The molecule has 7 heteroatoms. The smallest absolute Gasteiger partial charge is 0.282 e. The van der Waals surface area contributed by atoms with E-state index in [1.807, 2.05) is 6.92 Å². The Balaban J connectivity index is 1.81. The molecule has 0 saturated carbocycles. The van der Waals surface area contributed by atoms with E-state index in [-0.39, 0.29) is 11.3 Å². The van der Waals surface area contributed by atoms with Crippen LogP contribution < -0.4 is 19.7 Å². The highest BCUT2D eigenvalue weighted by molar-refractivity contribution is 6.46. The fraction of sp³-hybridized carbons (Fsp3) is 0.120. The number of carbonyl (C=O) groups is 2. The minimum atomic E-state index is -0.552. The van der Waals surface area contributed by atoms with Crippen LogP contribution >= 0.6 is 0 Å². The number of nitrogens with one attached hydrogen (secondary N) is 1. The van der Waals surface area contributed by atoms with Crippen molar-refractivity contribution in [2.45, 2.75) is 6.92 Å².